The molecule has 0 bridgehead atoms. The molecule has 1 saturated carbocycles. The van der Waals surface area contributed by atoms with Gasteiger partial charge in [-0.05, 0) is 48.3 Å². The number of benzene rings is 1. The van der Waals surface area contributed by atoms with Crippen molar-refractivity contribution in [2.75, 3.05) is 0 Å². The number of ether oxygens (including phenoxy) is 1. The Kier molecular flexibility index (Phi) is 5.32. The summed E-state index contributed by atoms with van der Waals surface area (Å²) in [4.78, 5) is 0. The fraction of sp³-hybridized carbons (Fsp3) is 0.684. The zero-order valence-electron chi connectivity index (χ0n) is 13.9. The zero-order chi connectivity index (χ0) is 15.5. The van der Waals surface area contributed by atoms with Crippen molar-refractivity contribution in [1.29, 1.82) is 0 Å². The summed E-state index contributed by atoms with van der Waals surface area (Å²) in [5.74, 6) is 1.60. The molecule has 2 rings (SSSR count). The van der Waals surface area contributed by atoms with Crippen LogP contribution in [0, 0.1) is 5.92 Å². The fourth-order valence-corrected chi connectivity index (χ4v) is 3.20. The van der Waals surface area contributed by atoms with E-state index in [1.54, 1.807) is 0 Å². The van der Waals surface area contributed by atoms with E-state index in [0.717, 1.165) is 25.0 Å². The summed E-state index contributed by atoms with van der Waals surface area (Å²) < 4.78 is 6.13. The maximum atomic E-state index is 10.2. The minimum absolute atomic E-state index is 0.0504. The Labute approximate surface area is 129 Å². The lowest BCUT2D eigenvalue weighted by atomic mass is 9.82. The molecule has 0 aliphatic heterocycles. The van der Waals surface area contributed by atoms with Gasteiger partial charge < -0.3 is 9.84 Å². The van der Waals surface area contributed by atoms with Gasteiger partial charge in [-0.1, -0.05) is 52.7 Å². The largest absolute Gasteiger partial charge is 0.488 e. The number of aliphatic hydroxyl groups excluding tert-OH is 1. The van der Waals surface area contributed by atoms with Crippen LogP contribution in [0.5, 0.6) is 5.75 Å². The van der Waals surface area contributed by atoms with Gasteiger partial charge in [-0.2, -0.15) is 0 Å². The Morgan fingerprint density at radius 2 is 2.00 bits per heavy atom. The lowest BCUT2D eigenvalue weighted by Gasteiger charge is -2.33. The summed E-state index contributed by atoms with van der Waals surface area (Å²) >= 11 is 0. The quantitative estimate of drug-likeness (QED) is 0.871. The van der Waals surface area contributed by atoms with E-state index in [4.69, 9.17) is 4.74 Å². The monoisotopic (exact) mass is 290 g/mol. The molecule has 0 radical (unpaired) electrons. The third kappa shape index (κ3) is 4.47. The first-order chi connectivity index (χ1) is 9.90. The van der Waals surface area contributed by atoms with Crippen LogP contribution < -0.4 is 4.74 Å². The molecule has 1 aromatic carbocycles. The van der Waals surface area contributed by atoms with Crippen molar-refractivity contribution >= 4 is 0 Å². The lowest BCUT2D eigenvalue weighted by molar-refractivity contribution is -0.0117. The average molecular weight is 290 g/mol. The van der Waals surface area contributed by atoms with Crippen LogP contribution in [0.3, 0.4) is 0 Å². The first-order valence-electron chi connectivity index (χ1n) is 8.35. The Morgan fingerprint density at radius 3 is 2.67 bits per heavy atom. The zero-order valence-corrected chi connectivity index (χ0v) is 13.9. The van der Waals surface area contributed by atoms with E-state index >= 15 is 0 Å². The van der Waals surface area contributed by atoms with E-state index in [0.29, 0.717) is 5.92 Å². The molecule has 1 aliphatic rings. The molecular weight excluding hydrogens is 260 g/mol. The highest BCUT2D eigenvalue weighted by Crippen LogP contribution is 2.32. The Morgan fingerprint density at radius 1 is 1.24 bits per heavy atom. The fourth-order valence-electron chi connectivity index (χ4n) is 3.20. The maximum Gasteiger partial charge on any atom is 0.125 e. The summed E-state index contributed by atoms with van der Waals surface area (Å²) in [5, 5.41) is 10.2. The Hall–Kier alpha value is -1.02. The summed E-state index contributed by atoms with van der Waals surface area (Å²) in [6.07, 6.45) is 5.07. The molecule has 0 amide bonds. The maximum absolute atomic E-state index is 10.2. The molecule has 2 heteroatoms. The summed E-state index contributed by atoms with van der Waals surface area (Å²) in [6, 6.07) is 8.32. The molecule has 3 atom stereocenters. The van der Waals surface area contributed by atoms with Crippen LogP contribution in [-0.2, 0) is 5.41 Å². The van der Waals surface area contributed by atoms with Gasteiger partial charge in [-0.25, -0.2) is 0 Å². The number of hydrogen-bond donors (Lipinski definition) is 1. The molecule has 1 aliphatic carbocycles. The van der Waals surface area contributed by atoms with Crippen LogP contribution in [-0.4, -0.2) is 17.3 Å². The standard InChI is InChI=1S/C19H30O2/c1-5-7-14-10-11-17(20)18(12-14)21-16-9-6-8-15(13-16)19(2,3)4/h6,8-9,13-14,17-18,20H,5,7,10-12H2,1-4H3. The highest BCUT2D eigenvalue weighted by Gasteiger charge is 2.30. The smallest absolute Gasteiger partial charge is 0.125 e. The molecule has 0 heterocycles. The van der Waals surface area contributed by atoms with Crippen LogP contribution in [0.25, 0.3) is 0 Å². The van der Waals surface area contributed by atoms with Gasteiger partial charge in [0.25, 0.3) is 0 Å². The minimum Gasteiger partial charge on any atom is -0.488 e. The van der Waals surface area contributed by atoms with E-state index < -0.39 is 0 Å². The van der Waals surface area contributed by atoms with Gasteiger partial charge in [0.2, 0.25) is 0 Å². The van der Waals surface area contributed by atoms with E-state index in [9.17, 15) is 5.11 Å². The molecule has 1 aromatic rings. The predicted octanol–water partition coefficient (Wildman–Crippen LogP) is 4.69. The summed E-state index contributed by atoms with van der Waals surface area (Å²) in [7, 11) is 0. The second-order valence-corrected chi connectivity index (χ2v) is 7.47. The predicted molar refractivity (Wildman–Crippen MR) is 87.8 cm³/mol. The molecule has 1 N–H and O–H groups in total. The molecule has 3 unspecified atom stereocenters. The molecule has 0 spiro atoms. The van der Waals surface area contributed by atoms with E-state index in [1.807, 2.05) is 6.07 Å². The number of aliphatic hydroxyl groups is 1. The van der Waals surface area contributed by atoms with E-state index in [1.165, 1.54) is 18.4 Å². The third-order valence-corrected chi connectivity index (χ3v) is 4.55. The first-order valence-corrected chi connectivity index (χ1v) is 8.35. The highest BCUT2D eigenvalue weighted by molar-refractivity contribution is 5.32. The van der Waals surface area contributed by atoms with Crippen molar-refractivity contribution in [3.05, 3.63) is 29.8 Å². The lowest BCUT2D eigenvalue weighted by Crippen LogP contribution is -2.38. The SMILES string of the molecule is CCCC1CCC(O)C(Oc2cccc(C(C)(C)C)c2)C1. The molecule has 2 nitrogen and oxygen atoms in total. The van der Waals surface area contributed by atoms with Gasteiger partial charge in [-0.3, -0.25) is 0 Å². The van der Waals surface area contributed by atoms with Gasteiger partial charge in [0.15, 0.2) is 0 Å². The van der Waals surface area contributed by atoms with Crippen molar-refractivity contribution in [3.63, 3.8) is 0 Å². The topological polar surface area (TPSA) is 29.5 Å². The molecule has 0 aromatic heterocycles. The van der Waals surface area contributed by atoms with Gasteiger partial charge in [0.05, 0.1) is 6.10 Å². The second kappa shape index (κ2) is 6.83. The van der Waals surface area contributed by atoms with E-state index in [-0.39, 0.29) is 17.6 Å². The third-order valence-electron chi connectivity index (χ3n) is 4.55. The van der Waals surface area contributed by atoms with Crippen molar-refractivity contribution in [2.24, 2.45) is 5.92 Å². The van der Waals surface area contributed by atoms with Crippen LogP contribution in [0.1, 0.15) is 65.4 Å². The van der Waals surface area contributed by atoms with Crippen LogP contribution in [0.15, 0.2) is 24.3 Å². The normalized spacial score (nSPS) is 26.6. The Bertz CT molecular complexity index is 447. The molecular formula is C19H30O2. The first kappa shape index (κ1) is 16.4. The van der Waals surface area contributed by atoms with Crippen molar-refractivity contribution in [3.8, 4) is 5.75 Å². The second-order valence-electron chi connectivity index (χ2n) is 7.47. The number of rotatable bonds is 4. The minimum atomic E-state index is -0.323. The van der Waals surface area contributed by atoms with Crippen LogP contribution in [0.2, 0.25) is 0 Å². The van der Waals surface area contributed by atoms with E-state index in [2.05, 4.69) is 45.9 Å². The summed E-state index contributed by atoms with van der Waals surface area (Å²) in [5.41, 5.74) is 1.39. The molecule has 21 heavy (non-hydrogen) atoms. The van der Waals surface area contributed by atoms with Crippen molar-refractivity contribution in [2.45, 2.75) is 77.4 Å². The van der Waals surface area contributed by atoms with Crippen LogP contribution >= 0.6 is 0 Å². The molecule has 1 fully saturated rings. The van der Waals surface area contributed by atoms with Crippen molar-refractivity contribution in [1.82, 2.24) is 0 Å². The molecule has 118 valence electrons. The summed E-state index contributed by atoms with van der Waals surface area (Å²) in [6.45, 7) is 8.85. The van der Waals surface area contributed by atoms with Crippen LogP contribution in [0.4, 0.5) is 0 Å². The molecule has 0 saturated heterocycles. The van der Waals surface area contributed by atoms with Crippen molar-refractivity contribution < 1.29 is 9.84 Å². The van der Waals surface area contributed by atoms with Gasteiger partial charge >= 0.3 is 0 Å². The average Bonchev–Trinajstić information content (AvgIpc) is 2.42. The van der Waals surface area contributed by atoms with Gasteiger partial charge in [0, 0.05) is 0 Å². The Balaban J connectivity index is 2.06. The number of hydrogen-bond acceptors (Lipinski definition) is 2. The highest BCUT2D eigenvalue weighted by atomic mass is 16.5. The van der Waals surface area contributed by atoms with Gasteiger partial charge in [-0.15, -0.1) is 0 Å². The van der Waals surface area contributed by atoms with Gasteiger partial charge in [0.1, 0.15) is 11.9 Å².